The Bertz CT molecular complexity index is 295. The van der Waals surface area contributed by atoms with Gasteiger partial charge in [-0.25, -0.2) is 9.97 Å². The fourth-order valence-corrected chi connectivity index (χ4v) is 0.635. The quantitative estimate of drug-likeness (QED) is 0.611. The second-order valence-corrected chi connectivity index (χ2v) is 2.02. The Morgan fingerprint density at radius 1 is 1.17 bits per heavy atom. The van der Waals surface area contributed by atoms with Gasteiger partial charge in [-0.15, -0.1) is 0 Å². The van der Waals surface area contributed by atoms with E-state index in [2.05, 4.69) is 9.97 Å². The van der Waals surface area contributed by atoms with Crippen molar-refractivity contribution in [3.8, 4) is 0 Å². The standard InChI is InChI=1S/C5H5F3N4/c6-5(7,8)3-2(9)4(10)12-1-11-3/h1H,9H2,(H2,10,11,12). The van der Waals surface area contributed by atoms with Crippen LogP contribution in [0.15, 0.2) is 6.33 Å². The minimum absolute atomic E-state index is 0.364. The number of nitrogens with two attached hydrogens (primary N) is 2. The summed E-state index contributed by atoms with van der Waals surface area (Å²) in [4.78, 5) is 6.26. The number of halogens is 3. The van der Waals surface area contributed by atoms with Gasteiger partial charge in [0.15, 0.2) is 11.5 Å². The smallest absolute Gasteiger partial charge is 0.394 e. The summed E-state index contributed by atoms with van der Waals surface area (Å²) in [5, 5.41) is 0. The molecule has 0 unspecified atom stereocenters. The molecule has 12 heavy (non-hydrogen) atoms. The Kier molecular flexibility index (Phi) is 1.79. The Balaban J connectivity index is 3.26. The average Bonchev–Trinajstić information content (AvgIpc) is 1.92. The van der Waals surface area contributed by atoms with Crippen molar-refractivity contribution in [3.05, 3.63) is 12.0 Å². The highest BCUT2D eigenvalue weighted by molar-refractivity contribution is 5.61. The second kappa shape index (κ2) is 2.50. The first-order chi connectivity index (χ1) is 5.43. The molecule has 4 nitrogen and oxygen atoms in total. The number of aromatic nitrogens is 2. The van der Waals surface area contributed by atoms with Crippen molar-refractivity contribution in [3.63, 3.8) is 0 Å². The van der Waals surface area contributed by atoms with E-state index >= 15 is 0 Å². The van der Waals surface area contributed by atoms with Gasteiger partial charge in [0.25, 0.3) is 0 Å². The highest BCUT2D eigenvalue weighted by Crippen LogP contribution is 2.32. The second-order valence-electron chi connectivity index (χ2n) is 2.02. The van der Waals surface area contributed by atoms with Crippen LogP contribution in [-0.2, 0) is 6.18 Å². The summed E-state index contributed by atoms with van der Waals surface area (Å²) in [7, 11) is 0. The first kappa shape index (κ1) is 8.57. The van der Waals surface area contributed by atoms with Crippen LogP contribution in [0.2, 0.25) is 0 Å². The molecule has 1 aromatic rings. The normalized spacial score (nSPS) is 11.6. The van der Waals surface area contributed by atoms with Gasteiger partial charge in [-0.3, -0.25) is 0 Å². The monoisotopic (exact) mass is 178 g/mol. The summed E-state index contributed by atoms with van der Waals surface area (Å²) in [5.41, 5.74) is 8.21. The van der Waals surface area contributed by atoms with Crippen molar-refractivity contribution in [1.82, 2.24) is 9.97 Å². The van der Waals surface area contributed by atoms with Gasteiger partial charge in [0.05, 0.1) is 0 Å². The molecule has 0 aliphatic carbocycles. The van der Waals surface area contributed by atoms with Crippen LogP contribution in [0.25, 0.3) is 0 Å². The Morgan fingerprint density at radius 3 is 2.17 bits per heavy atom. The molecular weight excluding hydrogens is 173 g/mol. The molecule has 4 N–H and O–H groups in total. The third kappa shape index (κ3) is 1.39. The molecule has 0 spiro atoms. The number of hydrogen-bond acceptors (Lipinski definition) is 4. The van der Waals surface area contributed by atoms with Crippen molar-refractivity contribution in [2.45, 2.75) is 6.18 Å². The van der Waals surface area contributed by atoms with Crippen molar-refractivity contribution < 1.29 is 13.2 Å². The summed E-state index contributed by atoms with van der Waals surface area (Å²) < 4.78 is 36.0. The van der Waals surface area contributed by atoms with Crippen LogP contribution < -0.4 is 11.5 Å². The maximum Gasteiger partial charge on any atom is 0.435 e. The van der Waals surface area contributed by atoms with E-state index in [1.165, 1.54) is 0 Å². The molecular formula is C5H5F3N4. The average molecular weight is 178 g/mol. The number of alkyl halides is 3. The van der Waals surface area contributed by atoms with Crippen molar-refractivity contribution in [2.24, 2.45) is 0 Å². The summed E-state index contributed by atoms with van der Waals surface area (Å²) in [6.07, 6.45) is -3.87. The molecule has 0 aliphatic heterocycles. The van der Waals surface area contributed by atoms with Crippen LogP contribution in [0.3, 0.4) is 0 Å². The minimum atomic E-state index is -4.58. The van der Waals surface area contributed by atoms with E-state index in [1.807, 2.05) is 0 Å². The van der Waals surface area contributed by atoms with Crippen LogP contribution in [0, 0.1) is 0 Å². The maximum absolute atomic E-state index is 12.0. The van der Waals surface area contributed by atoms with Crippen LogP contribution in [0.5, 0.6) is 0 Å². The topological polar surface area (TPSA) is 77.8 Å². The van der Waals surface area contributed by atoms with Crippen LogP contribution in [0.4, 0.5) is 24.7 Å². The molecule has 1 rings (SSSR count). The zero-order chi connectivity index (χ0) is 9.35. The molecule has 66 valence electrons. The largest absolute Gasteiger partial charge is 0.435 e. The first-order valence-electron chi connectivity index (χ1n) is 2.86. The van der Waals surface area contributed by atoms with E-state index in [9.17, 15) is 13.2 Å². The summed E-state index contributed by atoms with van der Waals surface area (Å²) in [6.45, 7) is 0. The van der Waals surface area contributed by atoms with Crippen LogP contribution >= 0.6 is 0 Å². The zero-order valence-corrected chi connectivity index (χ0v) is 5.76. The number of rotatable bonds is 0. The molecule has 0 aliphatic rings. The maximum atomic E-state index is 12.0. The van der Waals surface area contributed by atoms with Crippen molar-refractivity contribution in [2.75, 3.05) is 11.5 Å². The van der Waals surface area contributed by atoms with Crippen LogP contribution in [-0.4, -0.2) is 9.97 Å². The van der Waals surface area contributed by atoms with Gasteiger partial charge in [0.1, 0.15) is 12.0 Å². The minimum Gasteiger partial charge on any atom is -0.394 e. The lowest BCUT2D eigenvalue weighted by atomic mass is 10.3. The van der Waals surface area contributed by atoms with Gasteiger partial charge in [-0.1, -0.05) is 0 Å². The van der Waals surface area contributed by atoms with Crippen molar-refractivity contribution in [1.29, 1.82) is 0 Å². The molecule has 0 atom stereocenters. The van der Waals surface area contributed by atoms with Gasteiger partial charge >= 0.3 is 6.18 Å². The van der Waals surface area contributed by atoms with E-state index in [-0.39, 0.29) is 5.82 Å². The first-order valence-corrected chi connectivity index (χ1v) is 2.86. The van der Waals surface area contributed by atoms with Gasteiger partial charge in [0.2, 0.25) is 0 Å². The van der Waals surface area contributed by atoms with E-state index in [4.69, 9.17) is 11.5 Å². The Morgan fingerprint density at radius 2 is 1.75 bits per heavy atom. The van der Waals surface area contributed by atoms with E-state index < -0.39 is 17.6 Å². The third-order valence-corrected chi connectivity index (χ3v) is 1.18. The number of anilines is 2. The van der Waals surface area contributed by atoms with Crippen molar-refractivity contribution >= 4 is 11.5 Å². The summed E-state index contributed by atoms with van der Waals surface area (Å²) in [6, 6.07) is 0. The number of hydrogen-bond donors (Lipinski definition) is 2. The number of nitrogen functional groups attached to an aromatic ring is 2. The SMILES string of the molecule is Nc1ncnc(C(F)(F)F)c1N. The summed E-state index contributed by atoms with van der Waals surface area (Å²) >= 11 is 0. The van der Waals surface area contributed by atoms with Gasteiger partial charge < -0.3 is 11.5 Å². The molecule has 0 amide bonds. The summed E-state index contributed by atoms with van der Waals surface area (Å²) in [5.74, 6) is -0.364. The van der Waals surface area contributed by atoms with E-state index in [0.29, 0.717) is 6.33 Å². The fourth-order valence-electron chi connectivity index (χ4n) is 0.635. The molecule has 0 saturated carbocycles. The van der Waals surface area contributed by atoms with E-state index in [0.717, 1.165) is 0 Å². The van der Waals surface area contributed by atoms with Gasteiger partial charge in [-0.2, -0.15) is 13.2 Å². The lowest BCUT2D eigenvalue weighted by Gasteiger charge is -2.08. The van der Waals surface area contributed by atoms with Gasteiger partial charge in [0, 0.05) is 0 Å². The molecule has 0 fully saturated rings. The third-order valence-electron chi connectivity index (χ3n) is 1.18. The highest BCUT2D eigenvalue weighted by atomic mass is 19.4. The molecule has 7 heteroatoms. The Labute approximate surface area is 65.4 Å². The lowest BCUT2D eigenvalue weighted by molar-refractivity contribution is -0.140. The van der Waals surface area contributed by atoms with Crippen LogP contribution in [0.1, 0.15) is 5.69 Å². The van der Waals surface area contributed by atoms with Gasteiger partial charge in [-0.05, 0) is 0 Å². The molecule has 0 saturated heterocycles. The van der Waals surface area contributed by atoms with E-state index in [1.54, 1.807) is 0 Å². The molecule has 0 radical (unpaired) electrons. The molecule has 1 aromatic heterocycles. The zero-order valence-electron chi connectivity index (χ0n) is 5.76. The fraction of sp³-hybridized carbons (Fsp3) is 0.200. The molecule has 0 aromatic carbocycles. The molecule has 1 heterocycles. The predicted octanol–water partition coefficient (Wildman–Crippen LogP) is 0.660. The highest BCUT2D eigenvalue weighted by Gasteiger charge is 2.35. The predicted molar refractivity (Wildman–Crippen MR) is 35.9 cm³/mol. The lowest BCUT2D eigenvalue weighted by Crippen LogP contribution is -2.14. The molecule has 0 bridgehead atoms. The Hall–Kier alpha value is -1.53. The number of nitrogens with zero attached hydrogens (tertiary/aromatic N) is 2.